The molecular weight excluding hydrogens is 390 g/mol. The van der Waals surface area contributed by atoms with Crippen LogP contribution in [0.2, 0.25) is 0 Å². The first kappa shape index (κ1) is 24.4. The van der Waals surface area contributed by atoms with Gasteiger partial charge in [0.2, 0.25) is 0 Å². The Morgan fingerprint density at radius 1 is 0.871 bits per heavy atom. The number of rotatable bonds is 14. The van der Waals surface area contributed by atoms with Crippen LogP contribution in [0, 0.1) is 0 Å². The third-order valence-electron chi connectivity index (χ3n) is 5.01. The number of hydrogen-bond acceptors (Lipinski definition) is 4. The van der Waals surface area contributed by atoms with Crippen molar-refractivity contribution < 1.29 is 19.1 Å². The van der Waals surface area contributed by atoms with Crippen molar-refractivity contribution >= 4 is 11.9 Å². The second-order valence-corrected chi connectivity index (χ2v) is 7.55. The summed E-state index contributed by atoms with van der Waals surface area (Å²) in [7, 11) is 0. The van der Waals surface area contributed by atoms with Gasteiger partial charge in [-0.25, -0.2) is 0 Å². The van der Waals surface area contributed by atoms with Gasteiger partial charge in [-0.15, -0.1) is 0 Å². The number of carbonyl (C=O) groups is 2. The zero-order chi connectivity index (χ0) is 22.3. The van der Waals surface area contributed by atoms with Gasteiger partial charge in [-0.05, 0) is 43.2 Å². The van der Waals surface area contributed by atoms with Gasteiger partial charge in [0.15, 0.2) is 0 Å². The van der Waals surface area contributed by atoms with E-state index in [4.69, 9.17) is 9.47 Å². The molecule has 0 fully saturated rings. The molecule has 5 nitrogen and oxygen atoms in total. The molecule has 2 aromatic carbocycles. The summed E-state index contributed by atoms with van der Waals surface area (Å²) in [5.41, 5.74) is 1.60. The molecule has 0 spiro atoms. The lowest BCUT2D eigenvalue weighted by atomic mass is 10.1. The first-order chi connectivity index (χ1) is 15.1. The fourth-order valence-corrected chi connectivity index (χ4v) is 3.29. The van der Waals surface area contributed by atoms with E-state index in [2.05, 4.69) is 6.92 Å². The van der Waals surface area contributed by atoms with Crippen molar-refractivity contribution in [3.8, 4) is 5.75 Å². The maximum atomic E-state index is 13.1. The van der Waals surface area contributed by atoms with Crippen LogP contribution < -0.4 is 4.74 Å². The van der Waals surface area contributed by atoms with Crippen LogP contribution in [0.25, 0.3) is 0 Å². The first-order valence-electron chi connectivity index (χ1n) is 11.4. The molecule has 0 heterocycles. The maximum absolute atomic E-state index is 13.1. The van der Waals surface area contributed by atoms with E-state index in [-0.39, 0.29) is 18.3 Å². The van der Waals surface area contributed by atoms with E-state index in [0.717, 1.165) is 17.7 Å². The van der Waals surface area contributed by atoms with Crippen LogP contribution >= 0.6 is 0 Å². The van der Waals surface area contributed by atoms with Crippen LogP contribution in [0.15, 0.2) is 54.6 Å². The number of benzene rings is 2. The van der Waals surface area contributed by atoms with Gasteiger partial charge in [0.25, 0.3) is 5.91 Å². The molecular formula is C26H35NO4. The molecule has 1 amide bonds. The number of carbonyl (C=O) groups excluding carboxylic acids is 2. The average molecular weight is 426 g/mol. The Morgan fingerprint density at radius 3 is 2.26 bits per heavy atom. The minimum atomic E-state index is -0.295. The highest BCUT2D eigenvalue weighted by Gasteiger charge is 2.18. The predicted octanol–water partition coefficient (Wildman–Crippen LogP) is 5.63. The Bertz CT molecular complexity index is 774. The van der Waals surface area contributed by atoms with Gasteiger partial charge in [0.1, 0.15) is 5.75 Å². The van der Waals surface area contributed by atoms with Crippen LogP contribution in [0.3, 0.4) is 0 Å². The minimum absolute atomic E-state index is 0.112. The Labute approximate surface area is 186 Å². The summed E-state index contributed by atoms with van der Waals surface area (Å²) in [5, 5.41) is 0. The summed E-state index contributed by atoms with van der Waals surface area (Å²) in [6.45, 7) is 5.76. The van der Waals surface area contributed by atoms with E-state index in [9.17, 15) is 9.59 Å². The number of ether oxygens (including phenoxy) is 2. The van der Waals surface area contributed by atoms with Gasteiger partial charge in [0.05, 0.1) is 19.6 Å². The molecule has 0 saturated carbocycles. The van der Waals surface area contributed by atoms with E-state index in [1.54, 1.807) is 24.0 Å². The van der Waals surface area contributed by atoms with Crippen molar-refractivity contribution in [2.45, 2.75) is 58.9 Å². The fourth-order valence-electron chi connectivity index (χ4n) is 3.29. The SMILES string of the molecule is CCCCCCCOc1ccc(C(=O)N(CCC(=O)OCC)Cc2ccccc2)cc1. The van der Waals surface area contributed by atoms with Gasteiger partial charge in [-0.1, -0.05) is 62.9 Å². The summed E-state index contributed by atoms with van der Waals surface area (Å²) in [4.78, 5) is 26.6. The zero-order valence-electron chi connectivity index (χ0n) is 18.8. The molecule has 0 aliphatic rings. The standard InChI is InChI=1S/C26H35NO4/c1-3-5-6-7-11-20-31-24-16-14-23(15-17-24)26(29)27(19-18-25(28)30-4-2)21-22-12-9-8-10-13-22/h8-10,12-17H,3-7,11,18-21H2,1-2H3. The lowest BCUT2D eigenvalue weighted by molar-refractivity contribution is -0.143. The molecule has 0 N–H and O–H groups in total. The summed E-state index contributed by atoms with van der Waals surface area (Å²) in [6, 6.07) is 17.0. The van der Waals surface area contributed by atoms with Crippen LogP contribution in [-0.4, -0.2) is 36.5 Å². The number of unbranched alkanes of at least 4 members (excludes halogenated alkanes) is 4. The molecule has 31 heavy (non-hydrogen) atoms. The molecule has 0 atom stereocenters. The second-order valence-electron chi connectivity index (χ2n) is 7.55. The molecule has 168 valence electrons. The molecule has 2 aromatic rings. The van der Waals surface area contributed by atoms with Crippen molar-refractivity contribution in [2.75, 3.05) is 19.8 Å². The number of hydrogen-bond donors (Lipinski definition) is 0. The van der Waals surface area contributed by atoms with Crippen LogP contribution in [0.5, 0.6) is 5.75 Å². The number of nitrogens with zero attached hydrogens (tertiary/aromatic N) is 1. The third-order valence-corrected chi connectivity index (χ3v) is 5.01. The van der Waals surface area contributed by atoms with Crippen molar-refractivity contribution in [3.05, 3.63) is 65.7 Å². The summed E-state index contributed by atoms with van der Waals surface area (Å²) in [5.74, 6) is 0.364. The van der Waals surface area contributed by atoms with E-state index in [0.29, 0.717) is 31.9 Å². The molecule has 0 radical (unpaired) electrons. The van der Waals surface area contributed by atoms with E-state index < -0.39 is 0 Å². The Hall–Kier alpha value is -2.82. The highest BCUT2D eigenvalue weighted by molar-refractivity contribution is 5.94. The third kappa shape index (κ3) is 9.24. The van der Waals surface area contributed by atoms with Crippen LogP contribution in [-0.2, 0) is 16.1 Å². The molecule has 0 aliphatic heterocycles. The minimum Gasteiger partial charge on any atom is -0.494 e. The van der Waals surface area contributed by atoms with E-state index >= 15 is 0 Å². The maximum Gasteiger partial charge on any atom is 0.307 e. The molecule has 0 aliphatic carbocycles. The molecule has 0 aromatic heterocycles. The highest BCUT2D eigenvalue weighted by Crippen LogP contribution is 2.16. The quantitative estimate of drug-likeness (QED) is 0.291. The van der Waals surface area contributed by atoms with Gasteiger partial charge in [-0.2, -0.15) is 0 Å². The van der Waals surface area contributed by atoms with Crippen molar-refractivity contribution in [1.82, 2.24) is 4.90 Å². The van der Waals surface area contributed by atoms with Crippen molar-refractivity contribution in [2.24, 2.45) is 0 Å². The largest absolute Gasteiger partial charge is 0.494 e. The number of esters is 1. The molecule has 0 saturated heterocycles. The molecule has 5 heteroatoms. The molecule has 2 rings (SSSR count). The Morgan fingerprint density at radius 2 is 1.58 bits per heavy atom. The average Bonchev–Trinajstić information content (AvgIpc) is 2.80. The number of amides is 1. The van der Waals surface area contributed by atoms with Gasteiger partial charge >= 0.3 is 5.97 Å². The normalized spacial score (nSPS) is 10.5. The van der Waals surface area contributed by atoms with Gasteiger partial charge < -0.3 is 14.4 Å². The topological polar surface area (TPSA) is 55.8 Å². The molecule has 0 unspecified atom stereocenters. The van der Waals surface area contributed by atoms with Crippen molar-refractivity contribution in [3.63, 3.8) is 0 Å². The second kappa shape index (κ2) is 14.2. The predicted molar refractivity (Wildman–Crippen MR) is 123 cm³/mol. The highest BCUT2D eigenvalue weighted by atomic mass is 16.5. The lowest BCUT2D eigenvalue weighted by Gasteiger charge is -2.23. The lowest BCUT2D eigenvalue weighted by Crippen LogP contribution is -2.32. The van der Waals surface area contributed by atoms with Gasteiger partial charge in [-0.3, -0.25) is 9.59 Å². The monoisotopic (exact) mass is 425 g/mol. The Balaban J connectivity index is 1.95. The Kier molecular flexibility index (Phi) is 11.2. The summed E-state index contributed by atoms with van der Waals surface area (Å²) in [6.07, 6.45) is 6.14. The summed E-state index contributed by atoms with van der Waals surface area (Å²) < 4.78 is 10.8. The molecule has 0 bridgehead atoms. The first-order valence-corrected chi connectivity index (χ1v) is 11.4. The van der Waals surface area contributed by atoms with Crippen LogP contribution in [0.4, 0.5) is 0 Å². The van der Waals surface area contributed by atoms with Crippen LogP contribution in [0.1, 0.15) is 68.3 Å². The smallest absolute Gasteiger partial charge is 0.307 e. The fraction of sp³-hybridized carbons (Fsp3) is 0.462. The zero-order valence-corrected chi connectivity index (χ0v) is 18.8. The van der Waals surface area contributed by atoms with Crippen molar-refractivity contribution in [1.29, 1.82) is 0 Å². The van der Waals surface area contributed by atoms with E-state index in [1.807, 2.05) is 42.5 Å². The van der Waals surface area contributed by atoms with E-state index in [1.165, 1.54) is 25.7 Å². The van der Waals surface area contributed by atoms with Gasteiger partial charge in [0, 0.05) is 18.7 Å². The summed E-state index contributed by atoms with van der Waals surface area (Å²) >= 11 is 0.